The van der Waals surface area contributed by atoms with Gasteiger partial charge in [0, 0.05) is 12.6 Å². The number of imidazole rings is 1. The minimum Gasteiger partial charge on any atom is -0.316 e. The molecule has 0 bridgehead atoms. The number of nitrogens with one attached hydrogen (secondary N) is 2. The Morgan fingerprint density at radius 2 is 2.18 bits per heavy atom. The van der Waals surface area contributed by atoms with E-state index < -0.39 is 0 Å². The van der Waals surface area contributed by atoms with Crippen LogP contribution < -0.4 is 10.6 Å². The van der Waals surface area contributed by atoms with Crippen LogP contribution in [0.2, 0.25) is 0 Å². The summed E-state index contributed by atoms with van der Waals surface area (Å²) in [4.78, 5) is 9.53. The Balaban J connectivity index is 1.68. The average Bonchev–Trinajstić information content (AvgIpc) is 2.94. The summed E-state index contributed by atoms with van der Waals surface area (Å²) in [6.45, 7) is 3.38. The first-order valence-electron chi connectivity index (χ1n) is 8.68. The highest BCUT2D eigenvalue weighted by Crippen LogP contribution is 2.26. The van der Waals surface area contributed by atoms with Crippen molar-refractivity contribution in [1.82, 2.24) is 25.2 Å². The van der Waals surface area contributed by atoms with Crippen LogP contribution in [0.3, 0.4) is 0 Å². The first kappa shape index (κ1) is 14.2. The predicted molar refractivity (Wildman–Crippen MR) is 87.7 cm³/mol. The van der Waals surface area contributed by atoms with Crippen LogP contribution in [0, 0.1) is 5.92 Å². The molecule has 0 amide bonds. The fourth-order valence-corrected chi connectivity index (χ4v) is 3.86. The quantitative estimate of drug-likeness (QED) is 0.913. The van der Waals surface area contributed by atoms with Gasteiger partial charge in [0.15, 0.2) is 5.65 Å². The van der Waals surface area contributed by atoms with E-state index in [-0.39, 0.29) is 0 Å². The Hall–Kier alpha value is -1.46. The summed E-state index contributed by atoms with van der Waals surface area (Å²) in [6, 6.07) is 4.07. The third-order valence-corrected chi connectivity index (χ3v) is 4.99. The van der Waals surface area contributed by atoms with E-state index in [0.29, 0.717) is 12.1 Å². The smallest absolute Gasteiger partial charge is 0.161 e. The van der Waals surface area contributed by atoms with Crippen molar-refractivity contribution < 1.29 is 0 Å². The van der Waals surface area contributed by atoms with Crippen molar-refractivity contribution >= 4 is 11.2 Å². The van der Waals surface area contributed by atoms with Crippen LogP contribution in [0.15, 0.2) is 18.3 Å². The lowest BCUT2D eigenvalue weighted by Crippen LogP contribution is -2.34. The minimum absolute atomic E-state index is 0.361. The van der Waals surface area contributed by atoms with Crippen LogP contribution in [0.4, 0.5) is 0 Å². The van der Waals surface area contributed by atoms with Gasteiger partial charge in [0.1, 0.15) is 11.3 Å². The maximum Gasteiger partial charge on any atom is 0.161 e. The summed E-state index contributed by atoms with van der Waals surface area (Å²) < 4.78 is 2.38. The van der Waals surface area contributed by atoms with Gasteiger partial charge in [-0.25, -0.2) is 9.97 Å². The van der Waals surface area contributed by atoms with Crippen LogP contribution in [0.1, 0.15) is 44.1 Å². The van der Waals surface area contributed by atoms with Gasteiger partial charge in [-0.1, -0.05) is 0 Å². The van der Waals surface area contributed by atoms with Crippen molar-refractivity contribution in [2.75, 3.05) is 19.6 Å². The Labute approximate surface area is 131 Å². The molecular weight excluding hydrogens is 274 g/mol. The Morgan fingerprint density at radius 3 is 3.00 bits per heavy atom. The second-order valence-electron chi connectivity index (χ2n) is 6.63. The second kappa shape index (κ2) is 6.34. The highest BCUT2D eigenvalue weighted by atomic mass is 15.2. The third kappa shape index (κ3) is 2.75. The van der Waals surface area contributed by atoms with Crippen molar-refractivity contribution in [3.8, 4) is 0 Å². The number of aromatic nitrogens is 3. The summed E-state index contributed by atoms with van der Waals surface area (Å²) in [6.07, 6.45) is 9.63. The van der Waals surface area contributed by atoms with Crippen LogP contribution in [-0.2, 0) is 6.42 Å². The molecule has 0 radical (unpaired) electrons. The van der Waals surface area contributed by atoms with Gasteiger partial charge in [-0.15, -0.1) is 0 Å². The number of pyridine rings is 1. The molecule has 2 fully saturated rings. The van der Waals surface area contributed by atoms with E-state index in [1.807, 2.05) is 12.3 Å². The Morgan fingerprint density at radius 1 is 1.18 bits per heavy atom. The first-order valence-corrected chi connectivity index (χ1v) is 8.68. The number of hydrogen-bond acceptors (Lipinski definition) is 4. The SMILES string of the molecule is c1cnc2c(c1)nc(CC1CCCNC1)n2C1CCCCN1. The molecule has 5 heteroatoms. The van der Waals surface area contributed by atoms with Gasteiger partial charge in [0.2, 0.25) is 0 Å². The Bertz CT molecular complexity index is 623. The van der Waals surface area contributed by atoms with Crippen molar-refractivity contribution in [1.29, 1.82) is 0 Å². The first-order chi connectivity index (χ1) is 10.9. The van der Waals surface area contributed by atoms with Crippen LogP contribution in [-0.4, -0.2) is 34.2 Å². The van der Waals surface area contributed by atoms with Crippen LogP contribution in [0.25, 0.3) is 11.2 Å². The molecule has 2 N–H and O–H groups in total. The van der Waals surface area contributed by atoms with Crippen LogP contribution in [0.5, 0.6) is 0 Å². The zero-order chi connectivity index (χ0) is 14.8. The molecule has 0 aliphatic carbocycles. The molecule has 2 saturated heterocycles. The molecule has 118 valence electrons. The fraction of sp³-hybridized carbons (Fsp3) is 0.647. The van der Waals surface area contributed by atoms with E-state index in [1.54, 1.807) is 0 Å². The number of rotatable bonds is 3. The number of fused-ring (bicyclic) bond motifs is 1. The summed E-state index contributed by atoms with van der Waals surface area (Å²) in [5.41, 5.74) is 2.08. The van der Waals surface area contributed by atoms with Gasteiger partial charge in [-0.2, -0.15) is 0 Å². The average molecular weight is 299 g/mol. The molecule has 0 aromatic carbocycles. The van der Waals surface area contributed by atoms with E-state index in [9.17, 15) is 0 Å². The standard InChI is InChI=1S/C17H25N5/c1-2-9-19-15(7-1)22-16(11-13-5-3-8-18-12-13)21-14-6-4-10-20-17(14)22/h4,6,10,13,15,18-19H,1-3,5,7-9,11-12H2. The molecule has 2 aromatic rings. The normalized spacial score (nSPS) is 26.4. The molecule has 0 saturated carbocycles. The van der Waals surface area contributed by atoms with Gasteiger partial charge < -0.3 is 5.32 Å². The summed E-state index contributed by atoms with van der Waals surface area (Å²) in [5.74, 6) is 1.91. The topological polar surface area (TPSA) is 54.8 Å². The second-order valence-corrected chi connectivity index (χ2v) is 6.63. The molecule has 4 rings (SSSR count). The zero-order valence-corrected chi connectivity index (χ0v) is 13.1. The van der Waals surface area contributed by atoms with Gasteiger partial charge in [0.25, 0.3) is 0 Å². The van der Waals surface area contributed by atoms with E-state index in [4.69, 9.17) is 4.98 Å². The minimum atomic E-state index is 0.361. The number of nitrogens with zero attached hydrogens (tertiary/aromatic N) is 3. The lowest BCUT2D eigenvalue weighted by Gasteiger charge is -2.28. The highest BCUT2D eigenvalue weighted by Gasteiger charge is 2.24. The molecule has 2 atom stereocenters. The fourth-order valence-electron chi connectivity index (χ4n) is 3.86. The summed E-state index contributed by atoms with van der Waals surface area (Å²) in [5, 5.41) is 7.18. The summed E-state index contributed by atoms with van der Waals surface area (Å²) in [7, 11) is 0. The van der Waals surface area contributed by atoms with E-state index in [2.05, 4.69) is 26.3 Å². The molecule has 0 spiro atoms. The maximum absolute atomic E-state index is 4.91. The van der Waals surface area contributed by atoms with Crippen molar-refractivity contribution in [3.63, 3.8) is 0 Å². The van der Waals surface area contributed by atoms with Gasteiger partial charge in [0.05, 0.1) is 6.17 Å². The lowest BCUT2D eigenvalue weighted by atomic mass is 9.96. The molecular formula is C17H25N5. The zero-order valence-electron chi connectivity index (χ0n) is 13.1. The monoisotopic (exact) mass is 299 g/mol. The van der Waals surface area contributed by atoms with Crippen molar-refractivity contribution in [2.45, 2.75) is 44.7 Å². The van der Waals surface area contributed by atoms with E-state index >= 15 is 0 Å². The molecule has 22 heavy (non-hydrogen) atoms. The van der Waals surface area contributed by atoms with Crippen LogP contribution >= 0.6 is 0 Å². The maximum atomic E-state index is 4.91. The highest BCUT2D eigenvalue weighted by molar-refractivity contribution is 5.71. The third-order valence-electron chi connectivity index (χ3n) is 4.99. The number of hydrogen-bond donors (Lipinski definition) is 2. The van der Waals surface area contributed by atoms with Gasteiger partial charge in [-0.05, 0) is 69.8 Å². The Kier molecular flexibility index (Phi) is 4.08. The molecule has 2 aromatic heterocycles. The van der Waals surface area contributed by atoms with E-state index in [1.165, 1.54) is 44.5 Å². The van der Waals surface area contributed by atoms with Gasteiger partial charge >= 0.3 is 0 Å². The summed E-state index contributed by atoms with van der Waals surface area (Å²) >= 11 is 0. The van der Waals surface area contributed by atoms with E-state index in [0.717, 1.165) is 30.7 Å². The predicted octanol–water partition coefficient (Wildman–Crippen LogP) is 2.25. The molecule has 2 unspecified atom stereocenters. The molecule has 5 nitrogen and oxygen atoms in total. The van der Waals surface area contributed by atoms with Crippen molar-refractivity contribution in [3.05, 3.63) is 24.2 Å². The largest absolute Gasteiger partial charge is 0.316 e. The molecule has 2 aliphatic rings. The molecule has 2 aliphatic heterocycles. The number of piperidine rings is 2. The van der Waals surface area contributed by atoms with Crippen molar-refractivity contribution in [2.24, 2.45) is 5.92 Å². The lowest BCUT2D eigenvalue weighted by molar-refractivity contribution is 0.307. The van der Waals surface area contributed by atoms with Gasteiger partial charge in [-0.3, -0.25) is 9.88 Å². The molecule has 4 heterocycles.